The number of hydrogen-bond donors (Lipinski definition) is 1. The number of carbonyl (C=O) groups is 1. The van der Waals surface area contributed by atoms with Gasteiger partial charge in [-0.2, -0.15) is 13.2 Å². The molecule has 1 aliphatic heterocycles. The van der Waals surface area contributed by atoms with Crippen molar-refractivity contribution in [3.05, 3.63) is 94.2 Å². The van der Waals surface area contributed by atoms with E-state index in [1.54, 1.807) is 18.2 Å². The second-order valence-corrected chi connectivity index (χ2v) is 9.78. The number of nitrogens with zero attached hydrogens (tertiary/aromatic N) is 5. The van der Waals surface area contributed by atoms with E-state index >= 15 is 0 Å². The van der Waals surface area contributed by atoms with Gasteiger partial charge >= 0.3 is 6.18 Å². The van der Waals surface area contributed by atoms with Crippen LogP contribution >= 0.6 is 0 Å². The molecule has 1 amide bonds. The van der Waals surface area contributed by atoms with Gasteiger partial charge in [0, 0.05) is 61.8 Å². The maximum absolute atomic E-state index is 13.9. The Kier molecular flexibility index (Phi) is 7.56. The van der Waals surface area contributed by atoms with Crippen LogP contribution in [0.1, 0.15) is 38.4 Å². The van der Waals surface area contributed by atoms with Gasteiger partial charge in [-0.05, 0) is 61.4 Å². The number of alkyl halides is 3. The van der Waals surface area contributed by atoms with E-state index in [2.05, 4.69) is 32.3 Å². The maximum atomic E-state index is 13.9. The molecule has 0 radical (unpaired) electrons. The van der Waals surface area contributed by atoms with Crippen molar-refractivity contribution < 1.29 is 22.4 Å². The van der Waals surface area contributed by atoms with Crippen molar-refractivity contribution in [1.29, 1.82) is 0 Å². The van der Waals surface area contributed by atoms with Gasteiger partial charge in [0.25, 0.3) is 5.91 Å². The molecule has 2 aromatic heterocycles. The minimum absolute atomic E-state index is 0.0508. The van der Waals surface area contributed by atoms with E-state index < -0.39 is 23.5 Å². The van der Waals surface area contributed by atoms with Crippen LogP contribution in [0.3, 0.4) is 0 Å². The molecule has 1 aliphatic rings. The zero-order chi connectivity index (χ0) is 28.4. The van der Waals surface area contributed by atoms with E-state index in [-0.39, 0.29) is 23.4 Å². The number of hydrogen-bond acceptors (Lipinski definition) is 5. The molecule has 2 aromatic carbocycles. The molecular weight excluding hydrogens is 524 g/mol. The Morgan fingerprint density at radius 1 is 1.00 bits per heavy atom. The maximum Gasteiger partial charge on any atom is 0.416 e. The Morgan fingerprint density at radius 2 is 1.77 bits per heavy atom. The molecule has 206 valence electrons. The Labute approximate surface area is 228 Å². The van der Waals surface area contributed by atoms with Crippen molar-refractivity contribution in [1.82, 2.24) is 24.4 Å². The topological polar surface area (TPSA) is 65.8 Å². The predicted octanol–water partition coefficient (Wildman–Crippen LogP) is 4.60. The van der Waals surface area contributed by atoms with E-state index in [9.17, 15) is 22.4 Å². The highest BCUT2D eigenvalue weighted by Gasteiger charge is 2.34. The van der Waals surface area contributed by atoms with Crippen molar-refractivity contribution in [2.45, 2.75) is 19.6 Å². The van der Waals surface area contributed by atoms with Crippen molar-refractivity contribution >= 4 is 17.2 Å². The number of carbonyl (C=O) groups excluding carboxylic acids is 1. The van der Waals surface area contributed by atoms with Crippen LogP contribution in [0.15, 0.2) is 54.7 Å². The molecule has 0 saturated carbocycles. The Hall–Kier alpha value is -4.27. The van der Waals surface area contributed by atoms with Crippen molar-refractivity contribution in [2.24, 2.45) is 0 Å². The molecule has 0 spiro atoms. The predicted molar refractivity (Wildman–Crippen MR) is 142 cm³/mol. The van der Waals surface area contributed by atoms with Gasteiger partial charge in [-0.25, -0.2) is 4.39 Å². The van der Waals surface area contributed by atoms with Gasteiger partial charge in [-0.3, -0.25) is 14.1 Å². The largest absolute Gasteiger partial charge is 0.416 e. The van der Waals surface area contributed by atoms with Gasteiger partial charge < -0.3 is 10.2 Å². The number of halogens is 4. The van der Waals surface area contributed by atoms with E-state index in [1.165, 1.54) is 34.9 Å². The third-order valence-corrected chi connectivity index (χ3v) is 6.84. The Morgan fingerprint density at radius 3 is 2.52 bits per heavy atom. The van der Waals surface area contributed by atoms with Crippen LogP contribution in [0.25, 0.3) is 5.65 Å². The third-order valence-electron chi connectivity index (χ3n) is 6.84. The number of anilines is 1. The van der Waals surface area contributed by atoms with Gasteiger partial charge in [0.2, 0.25) is 5.82 Å². The average molecular weight is 551 g/mol. The standard InChI is InChI=1S/C29H26F4N6O/c1-19-3-4-21(15-20(19)6-8-26-35-36-27-16-23(30)9-10-39(26)27)28(40)34-24-7-5-22(25(17-24)29(31,32)33)18-38-13-11-37(2)12-14-38/h3-5,7,9-10,15-17H,11-14,18H2,1-2H3,(H,34,40). The molecule has 1 saturated heterocycles. The number of rotatable bonds is 4. The first kappa shape index (κ1) is 27.3. The van der Waals surface area contributed by atoms with Gasteiger partial charge in [-0.15, -0.1) is 10.2 Å². The summed E-state index contributed by atoms with van der Waals surface area (Å²) >= 11 is 0. The van der Waals surface area contributed by atoms with Gasteiger partial charge in [0.1, 0.15) is 5.82 Å². The number of nitrogens with one attached hydrogen (secondary N) is 1. The van der Waals surface area contributed by atoms with Gasteiger partial charge in [0.15, 0.2) is 5.65 Å². The highest BCUT2D eigenvalue weighted by atomic mass is 19.4. The lowest BCUT2D eigenvalue weighted by Gasteiger charge is -2.33. The summed E-state index contributed by atoms with van der Waals surface area (Å²) in [5, 5.41) is 10.4. The number of fused-ring (bicyclic) bond motifs is 1. The summed E-state index contributed by atoms with van der Waals surface area (Å²) < 4.78 is 56.8. The molecule has 40 heavy (non-hydrogen) atoms. The molecule has 0 atom stereocenters. The monoisotopic (exact) mass is 550 g/mol. The Balaban J connectivity index is 1.35. The molecule has 3 heterocycles. The number of aryl methyl sites for hydroxylation is 1. The summed E-state index contributed by atoms with van der Waals surface area (Å²) in [6.45, 7) is 4.99. The smallest absolute Gasteiger partial charge is 0.322 e. The molecule has 0 aliphatic carbocycles. The lowest BCUT2D eigenvalue weighted by atomic mass is 10.0. The fourth-order valence-corrected chi connectivity index (χ4v) is 4.48. The third kappa shape index (κ3) is 6.14. The molecule has 1 N–H and O–H groups in total. The van der Waals surface area contributed by atoms with Crippen LogP contribution in [0.2, 0.25) is 0 Å². The van der Waals surface area contributed by atoms with Crippen LogP contribution in [-0.4, -0.2) is 63.5 Å². The van der Waals surface area contributed by atoms with Gasteiger partial charge in [0.05, 0.1) is 5.56 Å². The average Bonchev–Trinajstić information content (AvgIpc) is 3.31. The second-order valence-electron chi connectivity index (χ2n) is 9.78. The van der Waals surface area contributed by atoms with Crippen molar-refractivity contribution in [2.75, 3.05) is 38.5 Å². The molecule has 1 fully saturated rings. The molecule has 0 bridgehead atoms. The summed E-state index contributed by atoms with van der Waals surface area (Å²) in [5.41, 5.74) is 1.32. The van der Waals surface area contributed by atoms with Crippen LogP contribution in [-0.2, 0) is 12.7 Å². The lowest BCUT2D eigenvalue weighted by molar-refractivity contribution is -0.138. The molecule has 11 heteroatoms. The zero-order valence-corrected chi connectivity index (χ0v) is 21.9. The number of likely N-dealkylation sites (N-methyl/N-ethyl adjacent to an activating group) is 1. The molecular formula is C29H26F4N6O. The van der Waals surface area contributed by atoms with Crippen LogP contribution < -0.4 is 5.32 Å². The first-order chi connectivity index (χ1) is 19.1. The number of aromatic nitrogens is 3. The number of amides is 1. The van der Waals surface area contributed by atoms with E-state index in [0.29, 0.717) is 30.1 Å². The minimum atomic E-state index is -4.56. The molecule has 4 aromatic rings. The first-order valence-corrected chi connectivity index (χ1v) is 12.6. The summed E-state index contributed by atoms with van der Waals surface area (Å²) in [6, 6.07) is 11.3. The summed E-state index contributed by atoms with van der Waals surface area (Å²) in [6.07, 6.45) is -3.09. The number of pyridine rings is 1. The highest BCUT2D eigenvalue weighted by Crippen LogP contribution is 2.34. The van der Waals surface area contributed by atoms with Crippen LogP contribution in [0.4, 0.5) is 23.2 Å². The second kappa shape index (κ2) is 11.1. The van der Waals surface area contributed by atoms with Crippen LogP contribution in [0, 0.1) is 24.6 Å². The van der Waals surface area contributed by atoms with E-state index in [0.717, 1.165) is 24.7 Å². The van der Waals surface area contributed by atoms with Crippen molar-refractivity contribution in [3.8, 4) is 11.8 Å². The van der Waals surface area contributed by atoms with E-state index in [4.69, 9.17) is 0 Å². The normalized spacial score (nSPS) is 14.7. The first-order valence-electron chi connectivity index (χ1n) is 12.6. The minimum Gasteiger partial charge on any atom is -0.322 e. The summed E-state index contributed by atoms with van der Waals surface area (Å²) in [5.74, 6) is 5.12. The van der Waals surface area contributed by atoms with E-state index in [1.807, 2.05) is 18.9 Å². The van der Waals surface area contributed by atoms with Gasteiger partial charge in [-0.1, -0.05) is 18.1 Å². The quantitative estimate of drug-likeness (QED) is 0.297. The molecule has 5 rings (SSSR count). The summed E-state index contributed by atoms with van der Waals surface area (Å²) in [7, 11) is 1.99. The Bertz CT molecular complexity index is 1630. The molecule has 7 nitrogen and oxygen atoms in total. The molecule has 0 unspecified atom stereocenters. The zero-order valence-electron chi connectivity index (χ0n) is 21.9. The van der Waals surface area contributed by atoms with Crippen LogP contribution in [0.5, 0.6) is 0 Å². The summed E-state index contributed by atoms with van der Waals surface area (Å²) in [4.78, 5) is 17.1. The number of piperazine rings is 1. The van der Waals surface area contributed by atoms with Crippen molar-refractivity contribution in [3.63, 3.8) is 0 Å². The SMILES string of the molecule is Cc1ccc(C(=O)Nc2ccc(CN3CCN(C)CC3)c(C(F)(F)F)c2)cc1C#Cc1nnc2cc(F)ccn12. The lowest BCUT2D eigenvalue weighted by Crippen LogP contribution is -2.44. The fraction of sp³-hybridized carbons (Fsp3) is 0.276. The number of benzene rings is 2. The fourth-order valence-electron chi connectivity index (χ4n) is 4.48. The highest BCUT2D eigenvalue weighted by molar-refractivity contribution is 6.04.